The van der Waals surface area contributed by atoms with Crippen molar-refractivity contribution in [2.75, 3.05) is 18.4 Å². The number of hydrogen-bond acceptors (Lipinski definition) is 5. The number of aryl methyl sites for hydroxylation is 1. The van der Waals surface area contributed by atoms with Crippen LogP contribution in [0.25, 0.3) is 0 Å². The second kappa shape index (κ2) is 5.78. The first-order chi connectivity index (χ1) is 10.2. The SMILES string of the molecule is Cc1cc([N+](=O)[O-])cnc1N[C@H]1CC(=O)N(CC(F)(F)F)C1. The van der Waals surface area contributed by atoms with Gasteiger partial charge in [0.25, 0.3) is 5.69 Å². The molecule has 22 heavy (non-hydrogen) atoms. The second-order valence-electron chi connectivity index (χ2n) is 5.05. The van der Waals surface area contributed by atoms with Gasteiger partial charge < -0.3 is 10.2 Å². The van der Waals surface area contributed by atoms with Crippen molar-refractivity contribution in [1.29, 1.82) is 0 Å². The Kier molecular flexibility index (Phi) is 4.20. The average Bonchev–Trinajstić information content (AvgIpc) is 2.70. The zero-order valence-electron chi connectivity index (χ0n) is 11.6. The number of pyridine rings is 1. The third kappa shape index (κ3) is 3.83. The first-order valence-electron chi connectivity index (χ1n) is 6.38. The molecule has 1 N–H and O–H groups in total. The van der Waals surface area contributed by atoms with E-state index >= 15 is 0 Å². The summed E-state index contributed by atoms with van der Waals surface area (Å²) in [6.45, 7) is 0.222. The van der Waals surface area contributed by atoms with E-state index in [4.69, 9.17) is 0 Å². The van der Waals surface area contributed by atoms with Crippen molar-refractivity contribution in [3.63, 3.8) is 0 Å². The van der Waals surface area contributed by atoms with Gasteiger partial charge in [-0.25, -0.2) is 4.98 Å². The molecule has 1 aliphatic rings. The first kappa shape index (κ1) is 16.0. The summed E-state index contributed by atoms with van der Waals surface area (Å²) < 4.78 is 37.0. The summed E-state index contributed by atoms with van der Waals surface area (Å²) in [6, 6.07) is 0.794. The summed E-state index contributed by atoms with van der Waals surface area (Å²) in [6.07, 6.45) is -3.46. The molecule has 0 unspecified atom stereocenters. The zero-order valence-corrected chi connectivity index (χ0v) is 11.6. The Morgan fingerprint density at radius 3 is 2.77 bits per heavy atom. The Bertz CT molecular complexity index is 606. The normalized spacial score (nSPS) is 18.6. The van der Waals surface area contributed by atoms with Gasteiger partial charge in [0.15, 0.2) is 0 Å². The van der Waals surface area contributed by atoms with Crippen LogP contribution < -0.4 is 5.32 Å². The highest BCUT2D eigenvalue weighted by atomic mass is 19.4. The van der Waals surface area contributed by atoms with E-state index in [2.05, 4.69) is 10.3 Å². The van der Waals surface area contributed by atoms with Gasteiger partial charge in [-0.05, 0) is 12.5 Å². The number of likely N-dealkylation sites (tertiary alicyclic amines) is 1. The molecule has 0 saturated carbocycles. The molecule has 10 heteroatoms. The van der Waals surface area contributed by atoms with Crippen molar-refractivity contribution >= 4 is 17.4 Å². The number of carbonyl (C=O) groups is 1. The number of hydrogen-bond donors (Lipinski definition) is 1. The van der Waals surface area contributed by atoms with Crippen LogP contribution in [-0.2, 0) is 4.79 Å². The molecule has 1 aromatic rings. The minimum absolute atomic E-state index is 0.0752. The number of nitrogens with one attached hydrogen (secondary N) is 1. The molecule has 0 aliphatic carbocycles. The molecule has 120 valence electrons. The predicted molar refractivity (Wildman–Crippen MR) is 70.3 cm³/mol. The molecule has 1 saturated heterocycles. The van der Waals surface area contributed by atoms with Gasteiger partial charge >= 0.3 is 6.18 Å². The van der Waals surface area contributed by atoms with Crippen molar-refractivity contribution in [3.8, 4) is 0 Å². The quantitative estimate of drug-likeness (QED) is 0.676. The largest absolute Gasteiger partial charge is 0.406 e. The molecule has 1 aliphatic heterocycles. The lowest BCUT2D eigenvalue weighted by atomic mass is 10.2. The van der Waals surface area contributed by atoms with Gasteiger partial charge in [-0.1, -0.05) is 0 Å². The third-order valence-electron chi connectivity index (χ3n) is 3.20. The van der Waals surface area contributed by atoms with Gasteiger partial charge in [-0.3, -0.25) is 14.9 Å². The zero-order chi connectivity index (χ0) is 16.5. The molecule has 1 atom stereocenters. The van der Waals surface area contributed by atoms with Crippen LogP contribution in [-0.4, -0.2) is 46.0 Å². The molecular formula is C12H13F3N4O3. The average molecular weight is 318 g/mol. The van der Waals surface area contributed by atoms with Gasteiger partial charge in [0.2, 0.25) is 5.91 Å². The van der Waals surface area contributed by atoms with E-state index in [1.165, 1.54) is 6.07 Å². The molecule has 1 fully saturated rings. The number of nitro groups is 1. The summed E-state index contributed by atoms with van der Waals surface area (Å²) in [5, 5.41) is 13.5. The van der Waals surface area contributed by atoms with Crippen LogP contribution >= 0.6 is 0 Å². The first-order valence-corrected chi connectivity index (χ1v) is 6.38. The summed E-state index contributed by atoms with van der Waals surface area (Å²) in [5.74, 6) is -0.272. The Morgan fingerprint density at radius 1 is 1.55 bits per heavy atom. The number of anilines is 1. The lowest BCUT2D eigenvalue weighted by Crippen LogP contribution is -2.36. The number of rotatable bonds is 4. The van der Waals surface area contributed by atoms with Gasteiger partial charge in [0.05, 0.1) is 11.0 Å². The molecule has 0 aromatic carbocycles. The van der Waals surface area contributed by atoms with Crippen molar-refractivity contribution < 1.29 is 22.9 Å². The fourth-order valence-corrected chi connectivity index (χ4v) is 2.24. The minimum atomic E-state index is -4.44. The van der Waals surface area contributed by atoms with E-state index < -0.39 is 29.6 Å². The molecule has 7 nitrogen and oxygen atoms in total. The second-order valence-corrected chi connectivity index (χ2v) is 5.05. The van der Waals surface area contributed by atoms with Crippen molar-refractivity contribution in [2.24, 2.45) is 0 Å². The maximum absolute atomic E-state index is 12.3. The predicted octanol–water partition coefficient (Wildman–Crippen LogP) is 1.87. The van der Waals surface area contributed by atoms with Crippen LogP contribution in [0, 0.1) is 17.0 Å². The maximum atomic E-state index is 12.3. The number of aromatic nitrogens is 1. The lowest BCUT2D eigenvalue weighted by Gasteiger charge is -2.19. The minimum Gasteiger partial charge on any atom is -0.365 e. The van der Waals surface area contributed by atoms with Crippen LogP contribution in [0.1, 0.15) is 12.0 Å². The van der Waals surface area contributed by atoms with Crippen molar-refractivity contribution in [2.45, 2.75) is 25.6 Å². The summed E-state index contributed by atoms with van der Waals surface area (Å²) >= 11 is 0. The highest BCUT2D eigenvalue weighted by molar-refractivity contribution is 5.80. The standard InChI is InChI=1S/C12H13F3N4O3/c1-7-2-9(19(21)22)4-16-11(7)17-8-3-10(20)18(5-8)6-12(13,14)15/h2,4,8H,3,5-6H2,1H3,(H,16,17)/t8-/m0/s1. The molecule has 2 rings (SSSR count). The summed E-state index contributed by atoms with van der Waals surface area (Å²) in [7, 11) is 0. The smallest absolute Gasteiger partial charge is 0.365 e. The third-order valence-corrected chi connectivity index (χ3v) is 3.20. The van der Waals surface area contributed by atoms with Crippen LogP contribution in [0.15, 0.2) is 12.3 Å². The molecule has 2 heterocycles. The fourth-order valence-electron chi connectivity index (χ4n) is 2.24. The molecule has 0 bridgehead atoms. The van der Waals surface area contributed by atoms with E-state index in [9.17, 15) is 28.1 Å². The highest BCUT2D eigenvalue weighted by Gasteiger charge is 2.38. The van der Waals surface area contributed by atoms with Crippen LogP contribution in [0.4, 0.5) is 24.7 Å². The van der Waals surface area contributed by atoms with E-state index in [1.807, 2.05) is 0 Å². The number of amides is 1. The topological polar surface area (TPSA) is 88.4 Å². The van der Waals surface area contributed by atoms with Crippen molar-refractivity contribution in [1.82, 2.24) is 9.88 Å². The monoisotopic (exact) mass is 318 g/mol. The van der Waals surface area contributed by atoms with E-state index in [-0.39, 0.29) is 18.7 Å². The number of nitrogens with zero attached hydrogens (tertiary/aromatic N) is 3. The van der Waals surface area contributed by atoms with Crippen molar-refractivity contribution in [3.05, 3.63) is 27.9 Å². The number of halogens is 3. The van der Waals surface area contributed by atoms with E-state index in [1.54, 1.807) is 6.92 Å². The Hall–Kier alpha value is -2.39. The Labute approximate surface area is 123 Å². The van der Waals surface area contributed by atoms with E-state index in [0.717, 1.165) is 11.1 Å². The molecule has 0 radical (unpaired) electrons. The number of carbonyl (C=O) groups excluding carboxylic acids is 1. The fraction of sp³-hybridized carbons (Fsp3) is 0.500. The van der Waals surface area contributed by atoms with Gasteiger partial charge in [0, 0.05) is 19.0 Å². The summed E-state index contributed by atoms with van der Waals surface area (Å²) in [5.41, 5.74) is 0.306. The Balaban J connectivity index is 2.03. The molecule has 1 amide bonds. The van der Waals surface area contributed by atoms with Gasteiger partial charge in [0.1, 0.15) is 18.6 Å². The van der Waals surface area contributed by atoms with E-state index in [0.29, 0.717) is 11.4 Å². The highest BCUT2D eigenvalue weighted by Crippen LogP contribution is 2.24. The van der Waals surface area contributed by atoms with Gasteiger partial charge in [-0.2, -0.15) is 13.2 Å². The molecule has 1 aromatic heterocycles. The van der Waals surface area contributed by atoms with Crippen LogP contribution in [0.5, 0.6) is 0 Å². The number of alkyl halides is 3. The summed E-state index contributed by atoms with van der Waals surface area (Å²) in [4.78, 5) is 26.2. The Morgan fingerprint density at radius 2 is 2.23 bits per heavy atom. The van der Waals surface area contributed by atoms with Crippen LogP contribution in [0.3, 0.4) is 0 Å². The molecular weight excluding hydrogens is 305 g/mol. The maximum Gasteiger partial charge on any atom is 0.406 e. The molecule has 0 spiro atoms. The lowest BCUT2D eigenvalue weighted by molar-refractivity contribution is -0.385. The van der Waals surface area contributed by atoms with Gasteiger partial charge in [-0.15, -0.1) is 0 Å². The van der Waals surface area contributed by atoms with Crippen LogP contribution in [0.2, 0.25) is 0 Å².